The van der Waals surface area contributed by atoms with E-state index in [0.29, 0.717) is 36.0 Å². The monoisotopic (exact) mass is 395 g/mol. The van der Waals surface area contributed by atoms with Crippen LogP contribution in [0.3, 0.4) is 0 Å². The summed E-state index contributed by atoms with van der Waals surface area (Å²) in [4.78, 5) is 12.5. The van der Waals surface area contributed by atoms with Crippen molar-refractivity contribution in [3.63, 3.8) is 0 Å². The van der Waals surface area contributed by atoms with Crippen LogP contribution < -0.4 is 5.32 Å². The van der Waals surface area contributed by atoms with Crippen LogP contribution in [0.1, 0.15) is 24.8 Å². The van der Waals surface area contributed by atoms with Gasteiger partial charge < -0.3 is 15.5 Å². The summed E-state index contributed by atoms with van der Waals surface area (Å²) in [5.41, 5.74) is 1.68. The van der Waals surface area contributed by atoms with Gasteiger partial charge in [0.1, 0.15) is 11.8 Å². The van der Waals surface area contributed by atoms with Gasteiger partial charge in [-0.2, -0.15) is 5.26 Å². The Morgan fingerprint density at radius 2 is 1.93 bits per heavy atom. The number of nitrogens with zero attached hydrogens (tertiary/aromatic N) is 1. The van der Waals surface area contributed by atoms with Crippen molar-refractivity contribution in [2.24, 2.45) is 0 Å². The highest BCUT2D eigenvalue weighted by Crippen LogP contribution is 2.34. The van der Waals surface area contributed by atoms with Crippen molar-refractivity contribution in [3.05, 3.63) is 53.6 Å². The molecule has 0 heterocycles. The third kappa shape index (κ3) is 4.68. The Balaban J connectivity index is 1.87. The molecule has 0 radical (unpaired) electrons. The zero-order chi connectivity index (χ0) is 21.5. The second-order valence-electron chi connectivity index (χ2n) is 6.41. The van der Waals surface area contributed by atoms with Gasteiger partial charge in [0.15, 0.2) is 11.5 Å². The number of phenolic OH excluding ortho intramolecular Hbond substituents is 2. The molecule has 2 aromatic carbocycles. The zero-order valence-corrected chi connectivity index (χ0v) is 15.9. The van der Waals surface area contributed by atoms with E-state index in [1.807, 2.05) is 0 Å². The third-order valence-corrected chi connectivity index (χ3v) is 4.30. The maximum atomic E-state index is 12.5. The Bertz CT molecular complexity index is 1230. The molecule has 3 rings (SSSR count). The summed E-state index contributed by atoms with van der Waals surface area (Å²) >= 11 is 0. The van der Waals surface area contributed by atoms with E-state index in [1.54, 1.807) is 24.3 Å². The predicted molar refractivity (Wildman–Crippen MR) is 114 cm³/mol. The molecular weight excluding hydrogens is 378 g/mol. The summed E-state index contributed by atoms with van der Waals surface area (Å²) in [5.74, 6) is 10.5. The summed E-state index contributed by atoms with van der Waals surface area (Å²) < 4.78 is 0. The molecule has 0 saturated heterocycles. The number of hydrogen-bond donors (Lipinski definition) is 4. The van der Waals surface area contributed by atoms with Gasteiger partial charge in [0.2, 0.25) is 0 Å². The Labute approximate surface area is 174 Å². The van der Waals surface area contributed by atoms with Crippen molar-refractivity contribution in [1.82, 2.24) is 0 Å². The fourth-order valence-corrected chi connectivity index (χ4v) is 2.82. The first kappa shape index (κ1) is 20.3. The van der Waals surface area contributed by atoms with Crippen molar-refractivity contribution in [1.29, 1.82) is 10.7 Å². The van der Waals surface area contributed by atoms with Gasteiger partial charge in [0, 0.05) is 30.4 Å². The number of benzene rings is 2. The maximum absolute atomic E-state index is 12.5. The highest BCUT2D eigenvalue weighted by molar-refractivity contribution is 6.46. The minimum atomic E-state index is -0.679. The quantitative estimate of drug-likeness (QED) is 0.359. The number of carbonyl (C=O) groups is 1. The van der Waals surface area contributed by atoms with Crippen LogP contribution in [0.25, 0.3) is 11.1 Å². The first-order valence-corrected chi connectivity index (χ1v) is 9.10. The van der Waals surface area contributed by atoms with E-state index in [1.165, 1.54) is 18.2 Å². The van der Waals surface area contributed by atoms with Crippen LogP contribution in [0.2, 0.25) is 0 Å². The lowest BCUT2D eigenvalue weighted by atomic mass is 9.98. The van der Waals surface area contributed by atoms with Gasteiger partial charge in [-0.15, -0.1) is 5.92 Å². The van der Waals surface area contributed by atoms with E-state index in [0.717, 1.165) is 0 Å². The van der Waals surface area contributed by atoms with E-state index in [2.05, 4.69) is 35.1 Å². The summed E-state index contributed by atoms with van der Waals surface area (Å²) in [6.45, 7) is 0. The van der Waals surface area contributed by atoms with E-state index in [9.17, 15) is 20.3 Å². The number of nitrogens with one attached hydrogen (secondary N) is 2. The number of carbonyl (C=O) groups excluding carboxylic acids is 1. The Morgan fingerprint density at radius 1 is 1.13 bits per heavy atom. The molecule has 0 fully saturated rings. The van der Waals surface area contributed by atoms with Crippen LogP contribution in [0.15, 0.2) is 48.0 Å². The number of hydrogen-bond acceptors (Lipinski definition) is 5. The molecule has 6 nitrogen and oxygen atoms in total. The average Bonchev–Trinajstić information content (AvgIpc) is 2.71. The SMILES string of the molecule is N#Cc1c(NC(=O)C(=N)/C=C2\C#CCCC#CC2)cccc1-c1ccc(O)c(O)c1. The third-order valence-electron chi connectivity index (χ3n) is 4.30. The molecule has 146 valence electrons. The lowest BCUT2D eigenvalue weighted by Gasteiger charge is -2.11. The molecule has 1 aliphatic carbocycles. The first-order chi connectivity index (χ1) is 14.5. The van der Waals surface area contributed by atoms with Gasteiger partial charge in [-0.05, 0) is 29.8 Å². The highest BCUT2D eigenvalue weighted by Gasteiger charge is 2.15. The molecule has 1 aliphatic rings. The Morgan fingerprint density at radius 3 is 2.70 bits per heavy atom. The van der Waals surface area contributed by atoms with E-state index in [-0.39, 0.29) is 28.5 Å². The molecule has 0 aliphatic heterocycles. The number of anilines is 1. The second-order valence-corrected chi connectivity index (χ2v) is 6.41. The van der Waals surface area contributed by atoms with E-state index in [4.69, 9.17) is 5.41 Å². The number of nitriles is 1. The van der Waals surface area contributed by atoms with E-state index < -0.39 is 5.91 Å². The largest absolute Gasteiger partial charge is 0.504 e. The molecule has 0 atom stereocenters. The molecular formula is C24H17N3O3. The normalized spacial score (nSPS) is 13.5. The van der Waals surface area contributed by atoms with Gasteiger partial charge >= 0.3 is 0 Å². The zero-order valence-electron chi connectivity index (χ0n) is 15.9. The molecule has 0 aromatic heterocycles. The Hall–Kier alpha value is -4.47. The molecule has 0 unspecified atom stereocenters. The van der Waals surface area contributed by atoms with Crippen molar-refractivity contribution in [2.45, 2.75) is 19.3 Å². The van der Waals surface area contributed by atoms with Crippen molar-refractivity contribution >= 4 is 17.3 Å². The van der Waals surface area contributed by atoms with Crippen LogP contribution in [0, 0.1) is 40.4 Å². The van der Waals surface area contributed by atoms with Crippen LogP contribution >= 0.6 is 0 Å². The van der Waals surface area contributed by atoms with Crippen molar-refractivity contribution in [3.8, 4) is 52.4 Å². The number of phenols is 2. The smallest absolute Gasteiger partial charge is 0.273 e. The van der Waals surface area contributed by atoms with Gasteiger partial charge in [-0.1, -0.05) is 36.0 Å². The minimum absolute atomic E-state index is 0.174. The molecule has 1 amide bonds. The lowest BCUT2D eigenvalue weighted by molar-refractivity contribution is -0.110. The van der Waals surface area contributed by atoms with Gasteiger partial charge in [0.25, 0.3) is 5.91 Å². The highest BCUT2D eigenvalue weighted by atomic mass is 16.3. The van der Waals surface area contributed by atoms with Crippen molar-refractivity contribution < 1.29 is 15.0 Å². The number of aromatic hydroxyl groups is 2. The molecule has 0 bridgehead atoms. The summed E-state index contributed by atoms with van der Waals surface area (Å²) in [5, 5.41) is 39.5. The van der Waals surface area contributed by atoms with Gasteiger partial charge in [-0.25, -0.2) is 0 Å². The summed E-state index contributed by atoms with van der Waals surface area (Å²) in [6.07, 6.45) is 3.13. The fraction of sp³-hybridized carbons (Fsp3) is 0.125. The molecule has 0 saturated carbocycles. The van der Waals surface area contributed by atoms with E-state index >= 15 is 0 Å². The predicted octanol–water partition coefficient (Wildman–Crippen LogP) is 3.71. The van der Waals surface area contributed by atoms with Crippen LogP contribution in [0.4, 0.5) is 5.69 Å². The topological polar surface area (TPSA) is 117 Å². The maximum Gasteiger partial charge on any atom is 0.273 e. The molecule has 4 N–H and O–H groups in total. The van der Waals surface area contributed by atoms with Crippen molar-refractivity contribution in [2.75, 3.05) is 5.32 Å². The van der Waals surface area contributed by atoms with Crippen LogP contribution in [0.5, 0.6) is 11.5 Å². The first-order valence-electron chi connectivity index (χ1n) is 9.10. The molecule has 2 aromatic rings. The summed E-state index contributed by atoms with van der Waals surface area (Å²) in [7, 11) is 0. The minimum Gasteiger partial charge on any atom is -0.504 e. The molecule has 0 spiro atoms. The number of allylic oxidation sites excluding steroid dienone is 1. The second kappa shape index (κ2) is 9.15. The Kier molecular flexibility index (Phi) is 6.18. The summed E-state index contributed by atoms with van der Waals surface area (Å²) in [6, 6.07) is 11.1. The van der Waals surface area contributed by atoms with Gasteiger partial charge in [0.05, 0.1) is 11.3 Å². The van der Waals surface area contributed by atoms with Crippen LogP contribution in [-0.4, -0.2) is 21.8 Å². The average molecular weight is 395 g/mol. The molecule has 6 heteroatoms. The lowest BCUT2D eigenvalue weighted by Crippen LogP contribution is -2.21. The number of rotatable bonds is 4. The van der Waals surface area contributed by atoms with Crippen LogP contribution in [-0.2, 0) is 4.79 Å². The number of amides is 1. The van der Waals surface area contributed by atoms with Gasteiger partial charge in [-0.3, -0.25) is 10.2 Å². The standard InChI is InChI=1S/C24H17N3O3/c25-15-19-18(17-11-12-22(28)23(29)14-17)9-6-10-21(19)27-24(30)20(26)13-16-7-4-2-1-3-5-8-16/h6,9-14,26,28-29H,1-2,8H2,(H,27,30)/b16-13+,26-20?. The molecule has 30 heavy (non-hydrogen) atoms. The fourth-order valence-electron chi connectivity index (χ4n) is 2.82.